The van der Waals surface area contributed by atoms with Crippen LogP contribution in [0.4, 0.5) is 0 Å². The second-order valence-electron chi connectivity index (χ2n) is 6.79. The van der Waals surface area contributed by atoms with Crippen LogP contribution >= 0.6 is 0 Å². The molecule has 0 spiro atoms. The molecule has 1 rings (SSSR count). The number of carbonyl (C=O) groups is 2. The lowest BCUT2D eigenvalue weighted by Crippen LogP contribution is -2.45. The quantitative estimate of drug-likeness (QED) is 0.380. The fourth-order valence-corrected chi connectivity index (χ4v) is 2.30. The Morgan fingerprint density at radius 1 is 1.26 bits per heavy atom. The highest BCUT2D eigenvalue weighted by Gasteiger charge is 2.37. The highest BCUT2D eigenvalue weighted by molar-refractivity contribution is 5.89. The van der Waals surface area contributed by atoms with Crippen molar-refractivity contribution in [3.05, 3.63) is 0 Å². The van der Waals surface area contributed by atoms with Gasteiger partial charge < -0.3 is 24.8 Å². The largest absolute Gasteiger partial charge is 0.390 e. The van der Waals surface area contributed by atoms with Crippen molar-refractivity contribution in [2.75, 3.05) is 39.9 Å². The first-order valence-electron chi connectivity index (χ1n) is 8.15. The molecule has 0 amide bonds. The fraction of sp³-hybridized carbons (Fsp3) is 0.875. The zero-order chi connectivity index (χ0) is 17.3. The lowest BCUT2D eigenvalue weighted by molar-refractivity contribution is -0.178. The molecule has 0 bridgehead atoms. The predicted molar refractivity (Wildman–Crippen MR) is 86.1 cm³/mol. The molecule has 0 aliphatic carbocycles. The molecule has 0 aromatic heterocycles. The summed E-state index contributed by atoms with van der Waals surface area (Å²) in [6.07, 6.45) is 0.968. The highest BCUT2D eigenvalue weighted by Crippen LogP contribution is 2.26. The standard InChI is InChI=1S/C16H30N2O5/c1-16(2,3)14(22-12-5-7-17-8-6-12)15(20)23-13(19)11-18-9-10-21-4/h12,14,17-18H,5-11H2,1-4H3. The van der Waals surface area contributed by atoms with Crippen LogP contribution in [0.3, 0.4) is 0 Å². The number of esters is 2. The summed E-state index contributed by atoms with van der Waals surface area (Å²) in [5.41, 5.74) is -0.439. The van der Waals surface area contributed by atoms with Crippen molar-refractivity contribution < 1.29 is 23.8 Å². The van der Waals surface area contributed by atoms with Crippen LogP contribution < -0.4 is 10.6 Å². The number of carbonyl (C=O) groups excluding carboxylic acids is 2. The third-order valence-electron chi connectivity index (χ3n) is 3.58. The van der Waals surface area contributed by atoms with Gasteiger partial charge in [0.05, 0.1) is 19.3 Å². The topological polar surface area (TPSA) is 85.9 Å². The van der Waals surface area contributed by atoms with E-state index < -0.39 is 23.5 Å². The monoisotopic (exact) mass is 330 g/mol. The average molecular weight is 330 g/mol. The summed E-state index contributed by atoms with van der Waals surface area (Å²) in [5.74, 6) is -1.22. The Hall–Kier alpha value is -1.02. The van der Waals surface area contributed by atoms with Crippen LogP contribution in [0.1, 0.15) is 33.6 Å². The van der Waals surface area contributed by atoms with Gasteiger partial charge >= 0.3 is 11.9 Å². The second-order valence-corrected chi connectivity index (χ2v) is 6.79. The predicted octanol–water partition coefficient (Wildman–Crippen LogP) is 0.476. The van der Waals surface area contributed by atoms with Gasteiger partial charge in [-0.2, -0.15) is 0 Å². The molecule has 0 saturated carbocycles. The summed E-state index contributed by atoms with van der Waals surface area (Å²) in [6, 6.07) is 0. The molecule has 1 aliphatic rings. The molecule has 7 heteroatoms. The molecule has 1 saturated heterocycles. The maximum absolute atomic E-state index is 12.3. The minimum Gasteiger partial charge on any atom is -0.390 e. The molecule has 0 aromatic carbocycles. The zero-order valence-corrected chi connectivity index (χ0v) is 14.6. The average Bonchev–Trinajstić information content (AvgIpc) is 2.49. The molecule has 1 atom stereocenters. The minimum atomic E-state index is -0.756. The van der Waals surface area contributed by atoms with Crippen molar-refractivity contribution in [2.24, 2.45) is 5.41 Å². The van der Waals surface area contributed by atoms with Crippen molar-refractivity contribution in [1.82, 2.24) is 10.6 Å². The third-order valence-corrected chi connectivity index (χ3v) is 3.58. The number of hydrogen-bond acceptors (Lipinski definition) is 7. The van der Waals surface area contributed by atoms with E-state index in [-0.39, 0.29) is 12.6 Å². The van der Waals surface area contributed by atoms with Gasteiger partial charge in [-0.3, -0.25) is 4.79 Å². The van der Waals surface area contributed by atoms with Crippen molar-refractivity contribution >= 4 is 11.9 Å². The highest BCUT2D eigenvalue weighted by atomic mass is 16.6. The lowest BCUT2D eigenvalue weighted by Gasteiger charge is -2.33. The summed E-state index contributed by atoms with van der Waals surface area (Å²) in [4.78, 5) is 24.1. The number of rotatable bonds is 8. The van der Waals surface area contributed by atoms with Gasteiger partial charge in [0.2, 0.25) is 0 Å². The Balaban J connectivity index is 2.49. The molecule has 1 aliphatic heterocycles. The van der Waals surface area contributed by atoms with E-state index in [9.17, 15) is 9.59 Å². The Morgan fingerprint density at radius 3 is 2.48 bits per heavy atom. The van der Waals surface area contributed by atoms with Crippen LogP contribution in [0.2, 0.25) is 0 Å². The summed E-state index contributed by atoms with van der Waals surface area (Å²) in [5, 5.41) is 6.10. The van der Waals surface area contributed by atoms with Gasteiger partial charge in [-0.05, 0) is 31.3 Å². The molecule has 1 heterocycles. The zero-order valence-electron chi connectivity index (χ0n) is 14.6. The Kier molecular flexibility index (Phi) is 8.68. The maximum Gasteiger partial charge on any atom is 0.343 e. The summed E-state index contributed by atoms with van der Waals surface area (Å²) in [7, 11) is 1.58. The minimum absolute atomic E-state index is 0.0166. The van der Waals surface area contributed by atoms with Crippen LogP contribution in [0.25, 0.3) is 0 Å². The normalized spacial score (nSPS) is 17.7. The van der Waals surface area contributed by atoms with Crippen molar-refractivity contribution in [3.8, 4) is 0 Å². The fourth-order valence-electron chi connectivity index (χ4n) is 2.30. The van der Waals surface area contributed by atoms with Crippen LogP contribution in [0.15, 0.2) is 0 Å². The molecule has 7 nitrogen and oxygen atoms in total. The van der Waals surface area contributed by atoms with E-state index in [1.165, 1.54) is 0 Å². The van der Waals surface area contributed by atoms with Crippen LogP contribution in [0.5, 0.6) is 0 Å². The van der Waals surface area contributed by atoms with E-state index in [1.807, 2.05) is 20.8 Å². The van der Waals surface area contributed by atoms with E-state index in [4.69, 9.17) is 14.2 Å². The molecular weight excluding hydrogens is 300 g/mol. The first kappa shape index (κ1) is 20.0. The molecule has 1 unspecified atom stereocenters. The first-order valence-corrected chi connectivity index (χ1v) is 8.15. The van der Waals surface area contributed by atoms with Gasteiger partial charge in [-0.1, -0.05) is 20.8 Å². The van der Waals surface area contributed by atoms with E-state index in [0.29, 0.717) is 13.2 Å². The maximum atomic E-state index is 12.3. The lowest BCUT2D eigenvalue weighted by atomic mass is 9.88. The summed E-state index contributed by atoms with van der Waals surface area (Å²) in [6.45, 7) is 8.44. The van der Waals surface area contributed by atoms with E-state index >= 15 is 0 Å². The molecule has 2 N–H and O–H groups in total. The number of nitrogens with one attached hydrogen (secondary N) is 2. The van der Waals surface area contributed by atoms with E-state index in [0.717, 1.165) is 25.9 Å². The molecular formula is C16H30N2O5. The molecule has 23 heavy (non-hydrogen) atoms. The van der Waals surface area contributed by atoms with E-state index in [1.54, 1.807) is 7.11 Å². The number of ether oxygens (including phenoxy) is 3. The molecule has 0 aromatic rings. The van der Waals surface area contributed by atoms with Crippen molar-refractivity contribution in [1.29, 1.82) is 0 Å². The number of hydrogen-bond donors (Lipinski definition) is 2. The van der Waals surface area contributed by atoms with Crippen LogP contribution in [0, 0.1) is 5.41 Å². The van der Waals surface area contributed by atoms with Crippen LogP contribution in [-0.4, -0.2) is 64.0 Å². The van der Waals surface area contributed by atoms with Gasteiger partial charge in [0.1, 0.15) is 0 Å². The van der Waals surface area contributed by atoms with E-state index in [2.05, 4.69) is 10.6 Å². The molecule has 0 radical (unpaired) electrons. The van der Waals surface area contributed by atoms with Crippen molar-refractivity contribution in [2.45, 2.75) is 45.8 Å². The van der Waals surface area contributed by atoms with Gasteiger partial charge in [-0.15, -0.1) is 0 Å². The Labute approximate surface area is 138 Å². The van der Waals surface area contributed by atoms with Gasteiger partial charge in [0.15, 0.2) is 6.10 Å². The van der Waals surface area contributed by atoms with Crippen molar-refractivity contribution in [3.63, 3.8) is 0 Å². The van der Waals surface area contributed by atoms with Gasteiger partial charge in [-0.25, -0.2) is 4.79 Å². The smallest absolute Gasteiger partial charge is 0.343 e. The Morgan fingerprint density at radius 2 is 1.91 bits per heavy atom. The second kappa shape index (κ2) is 9.97. The van der Waals surface area contributed by atoms with Crippen LogP contribution in [-0.2, 0) is 23.8 Å². The summed E-state index contributed by atoms with van der Waals surface area (Å²) < 4.78 is 15.8. The first-order chi connectivity index (χ1) is 10.8. The van der Waals surface area contributed by atoms with Gasteiger partial charge in [0.25, 0.3) is 0 Å². The molecule has 1 fully saturated rings. The van der Waals surface area contributed by atoms with Gasteiger partial charge in [0, 0.05) is 13.7 Å². The Bertz CT molecular complexity index is 375. The SMILES string of the molecule is COCCNCC(=O)OC(=O)C(OC1CCNCC1)C(C)(C)C. The summed E-state index contributed by atoms with van der Waals surface area (Å²) >= 11 is 0. The number of piperidine rings is 1. The third kappa shape index (κ3) is 7.87. The molecule has 134 valence electrons. The number of methoxy groups -OCH3 is 1.